The van der Waals surface area contributed by atoms with E-state index in [2.05, 4.69) is 28.6 Å². The molecule has 1 unspecified atom stereocenters. The molecule has 0 aromatic rings. The number of allylic oxidation sites excluding steroid dienone is 3. The minimum absolute atomic E-state index is 0.0551. The molecule has 3 heteroatoms. The Morgan fingerprint density at radius 1 is 1.47 bits per heavy atom. The van der Waals surface area contributed by atoms with Gasteiger partial charge in [0.1, 0.15) is 0 Å². The van der Waals surface area contributed by atoms with Gasteiger partial charge in [0.2, 0.25) is 0 Å². The Kier molecular flexibility index (Phi) is 6.78. The van der Waals surface area contributed by atoms with Gasteiger partial charge in [-0.25, -0.2) is 0 Å². The van der Waals surface area contributed by atoms with E-state index in [1.807, 2.05) is 17.1 Å². The molecule has 1 atom stereocenters. The molecule has 0 saturated carbocycles. The average Bonchev–Trinajstić information content (AvgIpc) is 2.57. The van der Waals surface area contributed by atoms with Gasteiger partial charge in [-0.2, -0.15) is 0 Å². The number of hydrogen-bond donors (Lipinski definition) is 0. The molecule has 1 saturated heterocycles. The number of halogens is 1. The molecule has 0 aromatic heterocycles. The first-order chi connectivity index (χ1) is 8.29. The number of methoxy groups -OCH3 is 1. The molecule has 0 aromatic carbocycles. The summed E-state index contributed by atoms with van der Waals surface area (Å²) >= 11 is 3.29. The Labute approximate surface area is 113 Å². The van der Waals surface area contributed by atoms with E-state index >= 15 is 0 Å². The van der Waals surface area contributed by atoms with Gasteiger partial charge in [-0.3, -0.25) is 0 Å². The lowest BCUT2D eigenvalue weighted by Crippen LogP contribution is -2.28. The topological polar surface area (TPSA) is 18.5 Å². The maximum atomic E-state index is 5.55. The van der Waals surface area contributed by atoms with Gasteiger partial charge in [0.05, 0.1) is 6.61 Å². The van der Waals surface area contributed by atoms with Gasteiger partial charge in [-0.15, -0.1) is 0 Å². The van der Waals surface area contributed by atoms with Gasteiger partial charge in [-0.1, -0.05) is 40.7 Å². The second-order valence-electron chi connectivity index (χ2n) is 4.32. The van der Waals surface area contributed by atoms with E-state index in [9.17, 15) is 0 Å². The molecule has 17 heavy (non-hydrogen) atoms. The summed E-state index contributed by atoms with van der Waals surface area (Å²) in [5, 5.41) is 0. The highest BCUT2D eigenvalue weighted by Gasteiger charge is 2.33. The molecule has 0 amide bonds. The van der Waals surface area contributed by atoms with Crippen LogP contribution in [0.2, 0.25) is 0 Å². The third-order valence-corrected chi connectivity index (χ3v) is 3.58. The van der Waals surface area contributed by atoms with Gasteiger partial charge in [0.15, 0.2) is 0 Å². The summed E-state index contributed by atoms with van der Waals surface area (Å²) in [6.07, 6.45) is 9.19. The van der Waals surface area contributed by atoms with Crippen LogP contribution in [-0.2, 0) is 9.47 Å². The molecule has 1 fully saturated rings. The van der Waals surface area contributed by atoms with E-state index in [-0.39, 0.29) is 5.41 Å². The van der Waals surface area contributed by atoms with Crippen molar-refractivity contribution < 1.29 is 9.47 Å². The molecule has 96 valence electrons. The van der Waals surface area contributed by atoms with Crippen LogP contribution >= 0.6 is 15.9 Å². The second kappa shape index (κ2) is 7.85. The largest absolute Gasteiger partial charge is 0.384 e. The van der Waals surface area contributed by atoms with Crippen LogP contribution in [0.15, 0.2) is 35.4 Å². The minimum atomic E-state index is 0.0551. The Balaban J connectivity index is 2.97. The zero-order valence-corrected chi connectivity index (χ0v) is 12.0. The highest BCUT2D eigenvalue weighted by Crippen LogP contribution is 2.39. The predicted octanol–water partition coefficient (Wildman–Crippen LogP) is 3.84. The molecule has 0 aliphatic carbocycles. The van der Waals surface area contributed by atoms with Crippen molar-refractivity contribution in [3.63, 3.8) is 0 Å². The Morgan fingerprint density at radius 3 is 2.94 bits per heavy atom. The maximum Gasteiger partial charge on any atom is 0.0560 e. The highest BCUT2D eigenvalue weighted by molar-refractivity contribution is 9.11. The smallest absolute Gasteiger partial charge is 0.0560 e. The molecular formula is C14H21BrO2. The zero-order chi connectivity index (χ0) is 12.6. The molecular weight excluding hydrogens is 280 g/mol. The van der Waals surface area contributed by atoms with E-state index in [4.69, 9.17) is 9.47 Å². The van der Waals surface area contributed by atoms with Crippen LogP contribution in [0.25, 0.3) is 0 Å². The van der Waals surface area contributed by atoms with Crippen molar-refractivity contribution in [1.82, 2.24) is 0 Å². The Hall–Kier alpha value is -0.380. The predicted molar refractivity (Wildman–Crippen MR) is 75.3 cm³/mol. The van der Waals surface area contributed by atoms with Gasteiger partial charge in [-0.05, 0) is 29.8 Å². The van der Waals surface area contributed by atoms with Crippen molar-refractivity contribution in [2.75, 3.05) is 26.9 Å². The maximum absolute atomic E-state index is 5.55. The van der Waals surface area contributed by atoms with Crippen molar-refractivity contribution in [3.05, 3.63) is 35.4 Å². The van der Waals surface area contributed by atoms with Crippen LogP contribution in [0, 0.1) is 5.41 Å². The summed E-state index contributed by atoms with van der Waals surface area (Å²) in [5.41, 5.74) is 1.29. The molecule has 0 N–H and O–H groups in total. The summed E-state index contributed by atoms with van der Waals surface area (Å²) in [7, 11) is 1.76. The standard InChI is InChI=1S/C14H21BrO2/c1-3-13(6-4-9-15)14(12-16-2)7-5-10-17-11-8-14/h3-4,6,9H,1,5,7-8,10-12H2,2H3/b9-4+,13-6+. The van der Waals surface area contributed by atoms with Crippen molar-refractivity contribution in [2.24, 2.45) is 5.41 Å². The Morgan fingerprint density at radius 2 is 2.29 bits per heavy atom. The van der Waals surface area contributed by atoms with Crippen LogP contribution in [0.3, 0.4) is 0 Å². The van der Waals surface area contributed by atoms with E-state index in [1.165, 1.54) is 5.57 Å². The molecule has 1 aliphatic rings. The number of ether oxygens (including phenoxy) is 2. The summed E-state index contributed by atoms with van der Waals surface area (Å²) < 4.78 is 11.0. The summed E-state index contributed by atoms with van der Waals surface area (Å²) in [6, 6.07) is 0. The lowest BCUT2D eigenvalue weighted by molar-refractivity contribution is 0.0835. The van der Waals surface area contributed by atoms with Crippen LogP contribution in [0.5, 0.6) is 0 Å². The first-order valence-corrected chi connectivity index (χ1v) is 6.87. The lowest BCUT2D eigenvalue weighted by Gasteiger charge is -2.33. The monoisotopic (exact) mass is 300 g/mol. The highest BCUT2D eigenvalue weighted by atomic mass is 79.9. The van der Waals surface area contributed by atoms with E-state index in [0.29, 0.717) is 0 Å². The van der Waals surface area contributed by atoms with Crippen molar-refractivity contribution >= 4 is 15.9 Å². The summed E-state index contributed by atoms with van der Waals surface area (Å²) in [4.78, 5) is 1.85. The van der Waals surface area contributed by atoms with E-state index in [0.717, 1.165) is 39.1 Å². The zero-order valence-electron chi connectivity index (χ0n) is 10.5. The fourth-order valence-electron chi connectivity index (χ4n) is 2.40. The van der Waals surface area contributed by atoms with E-state index in [1.54, 1.807) is 7.11 Å². The third kappa shape index (κ3) is 4.09. The fraction of sp³-hybridized carbons (Fsp3) is 0.571. The van der Waals surface area contributed by atoms with Crippen molar-refractivity contribution in [1.29, 1.82) is 0 Å². The fourth-order valence-corrected chi connectivity index (χ4v) is 2.55. The summed E-state index contributed by atoms with van der Waals surface area (Å²) in [6.45, 7) is 6.31. The number of hydrogen-bond acceptors (Lipinski definition) is 2. The van der Waals surface area contributed by atoms with Crippen LogP contribution in [0.1, 0.15) is 19.3 Å². The molecule has 2 nitrogen and oxygen atoms in total. The van der Waals surface area contributed by atoms with Crippen LogP contribution in [0.4, 0.5) is 0 Å². The van der Waals surface area contributed by atoms with E-state index < -0.39 is 0 Å². The molecule has 1 rings (SSSR count). The molecule has 1 heterocycles. The lowest BCUT2D eigenvalue weighted by atomic mass is 9.74. The van der Waals surface area contributed by atoms with Crippen LogP contribution < -0.4 is 0 Å². The average molecular weight is 301 g/mol. The van der Waals surface area contributed by atoms with Gasteiger partial charge in [0, 0.05) is 25.7 Å². The SMILES string of the molecule is C=C/C(=C\C=C\Br)C1(COC)CCCOCC1. The molecule has 0 bridgehead atoms. The quantitative estimate of drug-likeness (QED) is 0.718. The summed E-state index contributed by atoms with van der Waals surface area (Å²) in [5.74, 6) is 0. The molecule has 0 radical (unpaired) electrons. The minimum Gasteiger partial charge on any atom is -0.384 e. The number of rotatable bonds is 5. The van der Waals surface area contributed by atoms with Crippen molar-refractivity contribution in [2.45, 2.75) is 19.3 Å². The second-order valence-corrected chi connectivity index (χ2v) is 4.85. The van der Waals surface area contributed by atoms with Crippen molar-refractivity contribution in [3.8, 4) is 0 Å². The first kappa shape index (κ1) is 14.7. The normalized spacial score (nSPS) is 27.1. The van der Waals surface area contributed by atoms with Gasteiger partial charge < -0.3 is 9.47 Å². The first-order valence-electron chi connectivity index (χ1n) is 5.96. The molecule has 0 spiro atoms. The Bertz CT molecular complexity index is 287. The third-order valence-electron chi connectivity index (χ3n) is 3.27. The van der Waals surface area contributed by atoms with Gasteiger partial charge >= 0.3 is 0 Å². The molecule has 1 aliphatic heterocycles. The van der Waals surface area contributed by atoms with Gasteiger partial charge in [0.25, 0.3) is 0 Å². The van der Waals surface area contributed by atoms with Crippen LogP contribution in [-0.4, -0.2) is 26.9 Å².